The van der Waals surface area contributed by atoms with Crippen molar-refractivity contribution in [2.24, 2.45) is 0 Å². The number of hydrogen-bond acceptors (Lipinski definition) is 5. The zero-order chi connectivity index (χ0) is 16.4. The Hall–Kier alpha value is -3.15. The van der Waals surface area contributed by atoms with Crippen LogP contribution in [0.3, 0.4) is 0 Å². The summed E-state index contributed by atoms with van der Waals surface area (Å²) in [6.07, 6.45) is 0. The predicted molar refractivity (Wildman–Crippen MR) is 82.6 cm³/mol. The number of carbonyl (C=O) groups excluding carboxylic acids is 2. The summed E-state index contributed by atoms with van der Waals surface area (Å²) in [5.41, 5.74) is 1.47. The number of hydrogen-bond donors (Lipinski definition) is 0. The van der Waals surface area contributed by atoms with Crippen LogP contribution in [0.1, 0.15) is 17.3 Å². The Bertz CT molecular complexity index is 934. The van der Waals surface area contributed by atoms with E-state index in [-0.39, 0.29) is 12.3 Å². The Kier molecular flexibility index (Phi) is 3.80. The van der Waals surface area contributed by atoms with Gasteiger partial charge in [-0.3, -0.25) is 9.36 Å². The smallest absolute Gasteiger partial charge is 0.420 e. The summed E-state index contributed by atoms with van der Waals surface area (Å²) in [5, 5.41) is 0. The van der Waals surface area contributed by atoms with Gasteiger partial charge in [0.2, 0.25) is 0 Å². The van der Waals surface area contributed by atoms with Crippen molar-refractivity contribution in [1.82, 2.24) is 4.57 Å². The molecule has 0 N–H and O–H groups in total. The average Bonchev–Trinajstić information content (AvgIpc) is 2.84. The van der Waals surface area contributed by atoms with Crippen LogP contribution >= 0.6 is 0 Å². The van der Waals surface area contributed by atoms with Crippen molar-refractivity contribution in [2.45, 2.75) is 13.5 Å². The van der Waals surface area contributed by atoms with E-state index in [0.717, 1.165) is 0 Å². The fourth-order valence-electron chi connectivity index (χ4n) is 2.21. The Morgan fingerprint density at radius 2 is 1.78 bits per heavy atom. The van der Waals surface area contributed by atoms with Gasteiger partial charge in [0.25, 0.3) is 0 Å². The molecule has 0 saturated carbocycles. The molecule has 0 aliphatic heterocycles. The van der Waals surface area contributed by atoms with Gasteiger partial charge in [-0.05, 0) is 43.3 Å². The SMILES string of the molecule is CC(=O)c1ccc(OC(=O)Cn2c(=O)oc3ccccc32)cc1. The summed E-state index contributed by atoms with van der Waals surface area (Å²) in [4.78, 5) is 35.0. The molecule has 0 atom stereocenters. The highest BCUT2D eigenvalue weighted by Gasteiger charge is 2.14. The first-order valence-corrected chi connectivity index (χ1v) is 6.94. The predicted octanol–water partition coefficient (Wildman–Crippen LogP) is 2.40. The molecule has 6 nitrogen and oxygen atoms in total. The average molecular weight is 311 g/mol. The maximum atomic E-state index is 12.0. The van der Waals surface area contributed by atoms with Crippen molar-refractivity contribution in [1.29, 1.82) is 0 Å². The molecule has 2 aromatic carbocycles. The molecule has 3 rings (SSSR count). The van der Waals surface area contributed by atoms with Crippen LogP contribution in [0, 0.1) is 0 Å². The van der Waals surface area contributed by atoms with Crippen LogP contribution in [0.2, 0.25) is 0 Å². The van der Waals surface area contributed by atoms with Crippen molar-refractivity contribution >= 4 is 22.9 Å². The molecule has 1 aromatic heterocycles. The molecule has 0 spiro atoms. The van der Waals surface area contributed by atoms with Crippen LogP contribution < -0.4 is 10.5 Å². The van der Waals surface area contributed by atoms with Gasteiger partial charge >= 0.3 is 11.7 Å². The summed E-state index contributed by atoms with van der Waals surface area (Å²) in [5.74, 6) is -0.982. The third kappa shape index (κ3) is 3.06. The molecule has 6 heteroatoms. The van der Waals surface area contributed by atoms with E-state index >= 15 is 0 Å². The van der Waals surface area contributed by atoms with E-state index in [2.05, 4.69) is 0 Å². The zero-order valence-corrected chi connectivity index (χ0v) is 12.3. The van der Waals surface area contributed by atoms with E-state index in [4.69, 9.17) is 9.15 Å². The van der Waals surface area contributed by atoms with Gasteiger partial charge in [-0.15, -0.1) is 0 Å². The fourth-order valence-corrected chi connectivity index (χ4v) is 2.21. The Morgan fingerprint density at radius 1 is 1.09 bits per heavy atom. The van der Waals surface area contributed by atoms with Gasteiger partial charge in [0.15, 0.2) is 11.4 Å². The standard InChI is InChI=1S/C17H13NO5/c1-11(19)12-6-8-13(9-7-12)22-16(20)10-18-14-4-2-3-5-15(14)23-17(18)21/h2-9H,10H2,1H3. The molecule has 116 valence electrons. The maximum Gasteiger partial charge on any atom is 0.420 e. The number of carbonyl (C=O) groups is 2. The van der Waals surface area contributed by atoms with Gasteiger partial charge in [-0.1, -0.05) is 12.1 Å². The highest BCUT2D eigenvalue weighted by Crippen LogP contribution is 2.14. The van der Waals surface area contributed by atoms with Gasteiger partial charge < -0.3 is 9.15 Å². The van der Waals surface area contributed by atoms with E-state index < -0.39 is 11.7 Å². The van der Waals surface area contributed by atoms with E-state index in [1.54, 1.807) is 36.4 Å². The summed E-state index contributed by atoms with van der Waals surface area (Å²) < 4.78 is 11.4. The van der Waals surface area contributed by atoms with Gasteiger partial charge in [-0.2, -0.15) is 0 Å². The molecule has 0 aliphatic carbocycles. The van der Waals surface area contributed by atoms with Crippen LogP contribution in [0.25, 0.3) is 11.1 Å². The molecular formula is C17H13NO5. The largest absolute Gasteiger partial charge is 0.425 e. The van der Waals surface area contributed by atoms with Crippen molar-refractivity contribution in [3.63, 3.8) is 0 Å². The van der Waals surface area contributed by atoms with Gasteiger partial charge in [-0.25, -0.2) is 9.59 Å². The number of fused-ring (bicyclic) bond motifs is 1. The van der Waals surface area contributed by atoms with Crippen LogP contribution in [0.15, 0.2) is 57.7 Å². The lowest BCUT2D eigenvalue weighted by molar-refractivity contribution is -0.135. The number of nitrogens with zero attached hydrogens (tertiary/aromatic N) is 1. The third-order valence-electron chi connectivity index (χ3n) is 3.35. The molecule has 23 heavy (non-hydrogen) atoms. The number of esters is 1. The molecule has 0 amide bonds. The number of aromatic nitrogens is 1. The van der Waals surface area contributed by atoms with Crippen LogP contribution in [0.5, 0.6) is 5.75 Å². The second-order valence-electron chi connectivity index (χ2n) is 4.98. The minimum atomic E-state index is -0.616. The molecule has 0 fully saturated rings. The number of rotatable bonds is 4. The molecule has 1 heterocycles. The number of ketones is 1. The second kappa shape index (κ2) is 5.92. The highest BCUT2D eigenvalue weighted by atomic mass is 16.5. The van der Waals surface area contributed by atoms with Gasteiger partial charge in [0.05, 0.1) is 5.52 Å². The zero-order valence-electron chi connectivity index (χ0n) is 12.3. The minimum absolute atomic E-state index is 0.0701. The Balaban J connectivity index is 1.77. The lowest BCUT2D eigenvalue weighted by Crippen LogP contribution is -2.23. The molecule has 0 unspecified atom stereocenters. The normalized spacial score (nSPS) is 10.7. The van der Waals surface area contributed by atoms with E-state index in [0.29, 0.717) is 22.4 Å². The topological polar surface area (TPSA) is 78.5 Å². The Labute approximate surface area is 130 Å². The van der Waals surface area contributed by atoms with Crippen LogP contribution in [0.4, 0.5) is 0 Å². The lowest BCUT2D eigenvalue weighted by atomic mass is 10.1. The maximum absolute atomic E-state index is 12.0. The van der Waals surface area contributed by atoms with Crippen molar-refractivity contribution in [2.75, 3.05) is 0 Å². The first kappa shape index (κ1) is 14.8. The first-order valence-electron chi connectivity index (χ1n) is 6.94. The van der Waals surface area contributed by atoms with Gasteiger partial charge in [0, 0.05) is 5.56 Å². The van der Waals surface area contributed by atoms with E-state index in [1.807, 2.05) is 0 Å². The second-order valence-corrected chi connectivity index (χ2v) is 4.98. The quantitative estimate of drug-likeness (QED) is 0.420. The van der Waals surface area contributed by atoms with E-state index in [9.17, 15) is 14.4 Å². The minimum Gasteiger partial charge on any atom is -0.425 e. The molecule has 3 aromatic rings. The summed E-state index contributed by atoms with van der Waals surface area (Å²) in [6.45, 7) is 1.20. The van der Waals surface area contributed by atoms with Crippen molar-refractivity contribution < 1.29 is 18.7 Å². The molecule has 0 aliphatic rings. The molecule has 0 saturated heterocycles. The van der Waals surface area contributed by atoms with Crippen molar-refractivity contribution in [3.05, 3.63) is 64.6 Å². The van der Waals surface area contributed by atoms with E-state index in [1.165, 1.54) is 23.6 Å². The Morgan fingerprint density at radius 3 is 2.48 bits per heavy atom. The number of Topliss-reactive ketones (excluding diaryl/α,β-unsaturated/α-hetero) is 1. The molecular weight excluding hydrogens is 298 g/mol. The third-order valence-corrected chi connectivity index (χ3v) is 3.35. The number of oxazole rings is 1. The molecule has 0 bridgehead atoms. The number of para-hydroxylation sites is 2. The van der Waals surface area contributed by atoms with Gasteiger partial charge in [0.1, 0.15) is 12.3 Å². The number of ether oxygens (including phenoxy) is 1. The number of benzene rings is 2. The summed E-state index contributed by atoms with van der Waals surface area (Å²) >= 11 is 0. The summed E-state index contributed by atoms with van der Waals surface area (Å²) in [7, 11) is 0. The lowest BCUT2D eigenvalue weighted by Gasteiger charge is -2.05. The monoisotopic (exact) mass is 311 g/mol. The summed E-state index contributed by atoms with van der Waals surface area (Å²) in [6, 6.07) is 13.0. The van der Waals surface area contributed by atoms with Crippen LogP contribution in [-0.4, -0.2) is 16.3 Å². The fraction of sp³-hybridized carbons (Fsp3) is 0.118. The first-order chi connectivity index (χ1) is 11.0. The molecule has 0 radical (unpaired) electrons. The van der Waals surface area contributed by atoms with Crippen LogP contribution in [-0.2, 0) is 11.3 Å². The highest BCUT2D eigenvalue weighted by molar-refractivity contribution is 5.94. The van der Waals surface area contributed by atoms with Crippen molar-refractivity contribution in [3.8, 4) is 5.75 Å².